The summed E-state index contributed by atoms with van der Waals surface area (Å²) in [5, 5.41) is 0. The molecule has 220 valence electrons. The van der Waals surface area contributed by atoms with Gasteiger partial charge in [0.2, 0.25) is 0 Å². The third kappa shape index (κ3) is 107. The third-order valence-corrected chi connectivity index (χ3v) is 4.36. The first-order valence-electron chi connectivity index (χ1n) is 15.2. The van der Waals surface area contributed by atoms with Crippen LogP contribution in [0.15, 0.2) is 43.0 Å². The summed E-state index contributed by atoms with van der Waals surface area (Å²) in [6, 6.07) is 10.7. The van der Waals surface area contributed by atoms with E-state index in [1.165, 1.54) is 103 Å². The Morgan fingerprint density at radius 2 is 1.00 bits per heavy atom. The molecular weight excluding hydrogens is 448 g/mol. The highest BCUT2D eigenvalue weighted by molar-refractivity contribution is 5.72. The van der Waals surface area contributed by atoms with E-state index in [4.69, 9.17) is 0 Å². The molecule has 1 rings (SSSR count). The quantitative estimate of drug-likeness (QED) is 0.162. The highest BCUT2D eigenvalue weighted by Gasteiger charge is 1.89. The van der Waals surface area contributed by atoms with Gasteiger partial charge in [0.25, 0.3) is 0 Å². The Hall–Kier alpha value is -1.81. The van der Waals surface area contributed by atoms with Gasteiger partial charge in [0.05, 0.1) is 0 Å². The molecule has 0 unspecified atom stereocenters. The molecule has 0 saturated heterocycles. The standard InChI is InChI=1S/C11H16.C6H14.C5H12.C4H10.C4H8.C3H6O.C3H4/c1-2-3-5-8-11-9-6-4-7-10-11;1-3-5-6-4-2;1-3-5-4-2;2*1-3-4-2;1-3(2)4;1-3-2/h4,6-7,9-10H,2-3,5,8H2,1H3;3-6H2,1-2H3;3-5H2,1-2H3;3-4H2,1-2H3;3H,1,4H2,2H3;1-2H3;1H,2H3. The van der Waals surface area contributed by atoms with Crippen molar-refractivity contribution in [2.75, 3.05) is 0 Å². The fourth-order valence-corrected chi connectivity index (χ4v) is 2.08. The molecule has 0 aromatic heterocycles. The van der Waals surface area contributed by atoms with Gasteiger partial charge in [-0.1, -0.05) is 162 Å². The molecule has 1 heteroatoms. The fourth-order valence-electron chi connectivity index (χ4n) is 2.08. The number of rotatable bonds is 11. The van der Waals surface area contributed by atoms with E-state index in [2.05, 4.69) is 105 Å². The minimum absolute atomic E-state index is 0.167. The molecule has 0 aliphatic heterocycles. The van der Waals surface area contributed by atoms with Gasteiger partial charge in [-0.05, 0) is 45.6 Å². The Morgan fingerprint density at radius 1 is 0.703 bits per heavy atom. The van der Waals surface area contributed by atoms with Gasteiger partial charge < -0.3 is 4.79 Å². The molecule has 37 heavy (non-hydrogen) atoms. The van der Waals surface area contributed by atoms with E-state index >= 15 is 0 Å². The molecule has 0 bridgehead atoms. The summed E-state index contributed by atoms with van der Waals surface area (Å²) in [6.07, 6.45) is 25.1. The highest BCUT2D eigenvalue weighted by Crippen LogP contribution is 2.05. The molecule has 1 aromatic rings. The number of hydrogen-bond acceptors (Lipinski definition) is 1. The number of aryl methyl sites for hydroxylation is 1. The van der Waals surface area contributed by atoms with Gasteiger partial charge in [-0.15, -0.1) is 18.9 Å². The Kier molecular flexibility index (Phi) is 77.4. The SMILES string of the molecule is C#CC.C=CCC.CC(C)=O.CCCC.CCCCC.CCCCCC.CCCCCc1ccccc1. The molecule has 0 amide bonds. The van der Waals surface area contributed by atoms with E-state index in [0.717, 1.165) is 6.42 Å². The number of hydrogen-bond donors (Lipinski definition) is 0. The number of ketones is 1. The van der Waals surface area contributed by atoms with Gasteiger partial charge in [0, 0.05) is 0 Å². The number of Topliss-reactive ketones (excluding diaryl/α,β-unsaturated/α-hetero) is 1. The van der Waals surface area contributed by atoms with Crippen molar-refractivity contribution in [3.8, 4) is 12.3 Å². The van der Waals surface area contributed by atoms with Crippen molar-refractivity contribution in [2.45, 2.75) is 166 Å². The zero-order valence-electron chi connectivity index (χ0n) is 27.6. The van der Waals surface area contributed by atoms with Crippen LogP contribution in [0.5, 0.6) is 0 Å². The van der Waals surface area contributed by atoms with E-state index in [1.807, 2.05) is 6.08 Å². The van der Waals surface area contributed by atoms with Crippen molar-refractivity contribution in [1.82, 2.24) is 0 Å². The van der Waals surface area contributed by atoms with Gasteiger partial charge >= 0.3 is 0 Å². The largest absolute Gasteiger partial charge is 0.300 e. The van der Waals surface area contributed by atoms with Gasteiger partial charge in [-0.3, -0.25) is 0 Å². The van der Waals surface area contributed by atoms with Crippen molar-refractivity contribution in [3.63, 3.8) is 0 Å². The molecule has 0 saturated carbocycles. The van der Waals surface area contributed by atoms with E-state index < -0.39 is 0 Å². The second kappa shape index (κ2) is 59.4. The summed E-state index contributed by atoms with van der Waals surface area (Å²) in [6.45, 7) is 25.7. The molecule has 0 atom stereocenters. The minimum Gasteiger partial charge on any atom is -0.300 e. The first kappa shape index (κ1) is 48.3. The molecule has 0 aliphatic carbocycles. The van der Waals surface area contributed by atoms with E-state index in [0.29, 0.717) is 0 Å². The Morgan fingerprint density at radius 3 is 1.22 bits per heavy atom. The second-order valence-corrected chi connectivity index (χ2v) is 8.90. The zero-order chi connectivity index (χ0) is 30.0. The number of unbranched alkanes of at least 4 members (excludes halogenated alkanes) is 8. The molecule has 0 radical (unpaired) electrons. The minimum atomic E-state index is 0.167. The summed E-state index contributed by atoms with van der Waals surface area (Å²) in [7, 11) is 0. The van der Waals surface area contributed by atoms with Crippen LogP contribution in [0.25, 0.3) is 0 Å². The summed E-state index contributed by atoms with van der Waals surface area (Å²) in [5.74, 6) is 2.42. The van der Waals surface area contributed by atoms with Crippen LogP contribution in [-0.2, 0) is 11.2 Å². The number of benzene rings is 1. The van der Waals surface area contributed by atoms with Crippen molar-refractivity contribution in [2.24, 2.45) is 0 Å². The molecular formula is C36H70O. The lowest BCUT2D eigenvalue weighted by Gasteiger charge is -1.98. The van der Waals surface area contributed by atoms with Crippen molar-refractivity contribution < 1.29 is 4.79 Å². The van der Waals surface area contributed by atoms with Crippen molar-refractivity contribution in [1.29, 1.82) is 0 Å². The lowest BCUT2D eigenvalue weighted by Crippen LogP contribution is -1.83. The molecule has 1 nitrogen and oxygen atoms in total. The number of carbonyl (C=O) groups is 1. The normalized spacial score (nSPS) is 7.95. The lowest BCUT2D eigenvalue weighted by atomic mass is 10.1. The predicted molar refractivity (Wildman–Crippen MR) is 177 cm³/mol. The number of allylic oxidation sites excluding steroid dienone is 1. The highest BCUT2D eigenvalue weighted by atomic mass is 16.1. The Balaban J connectivity index is -0.0000000807. The number of terminal acetylenes is 1. The average Bonchev–Trinajstić information content (AvgIpc) is 2.90. The molecule has 0 heterocycles. The van der Waals surface area contributed by atoms with Crippen LogP contribution in [0.2, 0.25) is 0 Å². The molecule has 0 aliphatic rings. The maximum absolute atomic E-state index is 9.44. The third-order valence-electron chi connectivity index (χ3n) is 4.36. The summed E-state index contributed by atoms with van der Waals surface area (Å²) in [5.41, 5.74) is 1.47. The molecule has 0 fully saturated rings. The second-order valence-electron chi connectivity index (χ2n) is 8.90. The average molecular weight is 519 g/mol. The Bertz CT molecular complexity index is 483. The smallest absolute Gasteiger partial charge is 0.126 e. The topological polar surface area (TPSA) is 17.1 Å². The molecule has 0 N–H and O–H groups in total. The van der Waals surface area contributed by atoms with Crippen LogP contribution < -0.4 is 0 Å². The van der Waals surface area contributed by atoms with Gasteiger partial charge in [-0.25, -0.2) is 0 Å². The van der Waals surface area contributed by atoms with E-state index in [9.17, 15) is 4.79 Å². The fraction of sp³-hybridized carbons (Fsp3) is 0.694. The summed E-state index contributed by atoms with van der Waals surface area (Å²) >= 11 is 0. The first-order chi connectivity index (χ1) is 17.7. The number of carbonyl (C=O) groups excluding carboxylic acids is 1. The summed E-state index contributed by atoms with van der Waals surface area (Å²) < 4.78 is 0. The zero-order valence-corrected chi connectivity index (χ0v) is 27.6. The molecule has 1 aromatic carbocycles. The van der Waals surface area contributed by atoms with Crippen LogP contribution in [0.4, 0.5) is 0 Å². The summed E-state index contributed by atoms with van der Waals surface area (Å²) in [4.78, 5) is 9.44. The van der Waals surface area contributed by atoms with E-state index in [1.54, 1.807) is 6.92 Å². The van der Waals surface area contributed by atoms with Crippen molar-refractivity contribution >= 4 is 5.78 Å². The van der Waals surface area contributed by atoms with Crippen LogP contribution in [0, 0.1) is 12.3 Å². The van der Waals surface area contributed by atoms with Crippen LogP contribution in [-0.4, -0.2) is 5.78 Å². The maximum atomic E-state index is 9.44. The maximum Gasteiger partial charge on any atom is 0.126 e. The predicted octanol–water partition coefficient (Wildman–Crippen LogP) is 12.8. The van der Waals surface area contributed by atoms with Crippen molar-refractivity contribution in [3.05, 3.63) is 48.6 Å². The Labute approximate surface area is 237 Å². The molecule has 0 spiro atoms. The van der Waals surface area contributed by atoms with Crippen LogP contribution in [0.3, 0.4) is 0 Å². The van der Waals surface area contributed by atoms with E-state index in [-0.39, 0.29) is 5.78 Å². The van der Waals surface area contributed by atoms with Gasteiger partial charge in [0.1, 0.15) is 5.78 Å². The van der Waals surface area contributed by atoms with Gasteiger partial charge in [-0.2, -0.15) is 0 Å². The van der Waals surface area contributed by atoms with Crippen LogP contribution in [0.1, 0.15) is 165 Å². The monoisotopic (exact) mass is 519 g/mol. The lowest BCUT2D eigenvalue weighted by molar-refractivity contribution is -0.114. The first-order valence-corrected chi connectivity index (χ1v) is 15.2. The van der Waals surface area contributed by atoms with Gasteiger partial charge in [0.15, 0.2) is 0 Å². The van der Waals surface area contributed by atoms with Crippen LogP contribution >= 0.6 is 0 Å².